The highest BCUT2D eigenvalue weighted by Crippen LogP contribution is 2.31. The maximum Gasteiger partial charge on any atom is 0.340 e. The summed E-state index contributed by atoms with van der Waals surface area (Å²) in [6.07, 6.45) is -3.13. The number of hydrogen-bond donors (Lipinski definition) is 1. The number of rotatable bonds is 8. The van der Waals surface area contributed by atoms with Crippen LogP contribution in [0.3, 0.4) is 0 Å². The van der Waals surface area contributed by atoms with Gasteiger partial charge in [0, 0.05) is 13.1 Å². The third kappa shape index (κ3) is 5.89. The van der Waals surface area contributed by atoms with Gasteiger partial charge in [0.1, 0.15) is 23.4 Å². The number of hydrogen-bond acceptors (Lipinski definition) is 8. The van der Waals surface area contributed by atoms with Crippen LogP contribution in [-0.4, -0.2) is 45.0 Å². The van der Waals surface area contributed by atoms with E-state index in [4.69, 9.17) is 4.74 Å². The standard InChI is InChI=1S/C22H21F3N4O5S/c1-3-34-22(31)17-7-13(8-26)20(27-18(17)19(24)25)29-9-15(10-29)21(30)28-35(32,33)11-14-6-16(23)5-4-12(14)2/h4-7,15,19H,3,9-11H2,1-2H3,(H,28,30). The van der Waals surface area contributed by atoms with Gasteiger partial charge in [0.05, 0.1) is 29.4 Å². The molecule has 2 heterocycles. The number of aryl methyl sites for hydroxylation is 1. The van der Waals surface area contributed by atoms with Gasteiger partial charge in [0.25, 0.3) is 6.43 Å². The fraction of sp³-hybridized carbons (Fsp3) is 0.364. The summed E-state index contributed by atoms with van der Waals surface area (Å²) in [5.41, 5.74) is -0.834. The Morgan fingerprint density at radius 3 is 2.60 bits per heavy atom. The van der Waals surface area contributed by atoms with E-state index in [1.165, 1.54) is 24.0 Å². The maximum absolute atomic E-state index is 13.5. The van der Waals surface area contributed by atoms with Crippen molar-refractivity contribution < 1.29 is 35.9 Å². The largest absolute Gasteiger partial charge is 0.462 e. The molecule has 13 heteroatoms. The van der Waals surface area contributed by atoms with E-state index in [0.29, 0.717) is 5.56 Å². The Hall–Kier alpha value is -3.66. The van der Waals surface area contributed by atoms with Crippen LogP contribution in [0, 0.1) is 30.0 Å². The van der Waals surface area contributed by atoms with E-state index in [2.05, 4.69) is 4.98 Å². The minimum atomic E-state index is -4.13. The highest BCUT2D eigenvalue weighted by Gasteiger charge is 2.37. The van der Waals surface area contributed by atoms with E-state index in [-0.39, 0.29) is 36.6 Å². The molecular weight excluding hydrogens is 489 g/mol. The zero-order chi connectivity index (χ0) is 25.9. The number of esters is 1. The molecule has 0 saturated carbocycles. The van der Waals surface area contributed by atoms with Crippen molar-refractivity contribution in [2.75, 3.05) is 24.6 Å². The number of ether oxygens (including phenoxy) is 1. The molecular formula is C22H21F3N4O5S. The van der Waals surface area contributed by atoms with Crippen LogP contribution in [0.25, 0.3) is 0 Å². The molecule has 0 radical (unpaired) electrons. The van der Waals surface area contributed by atoms with Crippen molar-refractivity contribution in [3.05, 3.63) is 58.0 Å². The highest BCUT2D eigenvalue weighted by atomic mass is 32.2. The molecule has 186 valence electrons. The van der Waals surface area contributed by atoms with E-state index < -0.39 is 57.1 Å². The molecule has 0 atom stereocenters. The highest BCUT2D eigenvalue weighted by molar-refractivity contribution is 7.89. The van der Waals surface area contributed by atoms with Crippen molar-refractivity contribution in [2.24, 2.45) is 5.92 Å². The van der Waals surface area contributed by atoms with Crippen LogP contribution in [0.5, 0.6) is 0 Å². The second-order valence-corrected chi connectivity index (χ2v) is 9.55. The second kappa shape index (κ2) is 10.3. The molecule has 0 spiro atoms. The van der Waals surface area contributed by atoms with E-state index in [1.807, 2.05) is 4.72 Å². The molecule has 0 bridgehead atoms. The van der Waals surface area contributed by atoms with Crippen LogP contribution in [-0.2, 0) is 25.3 Å². The van der Waals surface area contributed by atoms with Crippen LogP contribution >= 0.6 is 0 Å². The molecule has 1 saturated heterocycles. The minimum Gasteiger partial charge on any atom is -0.462 e. The Labute approximate surface area is 199 Å². The Balaban J connectivity index is 1.72. The van der Waals surface area contributed by atoms with Crippen molar-refractivity contribution in [1.29, 1.82) is 5.26 Å². The molecule has 1 fully saturated rings. The summed E-state index contributed by atoms with van der Waals surface area (Å²) in [6.45, 7) is 2.86. The van der Waals surface area contributed by atoms with E-state index in [1.54, 1.807) is 13.0 Å². The maximum atomic E-state index is 13.5. The number of carbonyl (C=O) groups is 2. The van der Waals surface area contributed by atoms with Crippen molar-refractivity contribution in [3.63, 3.8) is 0 Å². The Bertz CT molecular complexity index is 1300. The van der Waals surface area contributed by atoms with E-state index in [9.17, 15) is 36.4 Å². The third-order valence-electron chi connectivity index (χ3n) is 5.32. The third-order valence-corrected chi connectivity index (χ3v) is 6.52. The summed E-state index contributed by atoms with van der Waals surface area (Å²) in [5.74, 6) is -4.07. The zero-order valence-electron chi connectivity index (χ0n) is 18.7. The van der Waals surface area contributed by atoms with Crippen molar-refractivity contribution in [2.45, 2.75) is 26.0 Å². The first-order chi connectivity index (χ1) is 16.5. The van der Waals surface area contributed by atoms with Gasteiger partial charge in [-0.2, -0.15) is 5.26 Å². The Morgan fingerprint density at radius 1 is 1.31 bits per heavy atom. The van der Waals surface area contributed by atoms with E-state index in [0.717, 1.165) is 12.1 Å². The summed E-state index contributed by atoms with van der Waals surface area (Å²) < 4.78 is 72.0. The summed E-state index contributed by atoms with van der Waals surface area (Å²) in [6, 6.07) is 6.43. The Morgan fingerprint density at radius 2 is 2.00 bits per heavy atom. The van der Waals surface area contributed by atoms with Gasteiger partial charge >= 0.3 is 5.97 Å². The lowest BCUT2D eigenvalue weighted by molar-refractivity contribution is -0.123. The minimum absolute atomic E-state index is 0.0598. The van der Waals surface area contributed by atoms with Crippen molar-refractivity contribution in [1.82, 2.24) is 9.71 Å². The van der Waals surface area contributed by atoms with Crippen LogP contribution < -0.4 is 9.62 Å². The fourth-order valence-electron chi connectivity index (χ4n) is 3.47. The summed E-state index contributed by atoms with van der Waals surface area (Å²) in [5, 5.41) is 9.42. The molecule has 0 unspecified atom stereocenters. The number of alkyl halides is 2. The molecule has 1 aliphatic heterocycles. The van der Waals surface area contributed by atoms with Gasteiger partial charge in [-0.1, -0.05) is 6.07 Å². The van der Waals surface area contributed by atoms with Crippen LogP contribution in [0.15, 0.2) is 24.3 Å². The van der Waals surface area contributed by atoms with E-state index >= 15 is 0 Å². The smallest absolute Gasteiger partial charge is 0.340 e. The Kier molecular flexibility index (Phi) is 7.64. The molecule has 9 nitrogen and oxygen atoms in total. The average molecular weight is 510 g/mol. The van der Waals surface area contributed by atoms with Gasteiger partial charge in [-0.15, -0.1) is 0 Å². The average Bonchev–Trinajstić information content (AvgIpc) is 2.74. The summed E-state index contributed by atoms with van der Waals surface area (Å²) >= 11 is 0. The number of nitrogens with one attached hydrogen (secondary N) is 1. The number of amides is 1. The molecule has 1 amide bonds. The predicted molar refractivity (Wildman–Crippen MR) is 117 cm³/mol. The first kappa shape index (κ1) is 26.0. The number of nitriles is 1. The molecule has 3 rings (SSSR count). The SMILES string of the molecule is CCOC(=O)c1cc(C#N)c(N2CC(C(=O)NS(=O)(=O)Cc3cc(F)ccc3C)C2)nc1C(F)F. The van der Waals surface area contributed by atoms with Crippen molar-refractivity contribution in [3.8, 4) is 6.07 Å². The van der Waals surface area contributed by atoms with Crippen LogP contribution in [0.2, 0.25) is 0 Å². The molecule has 1 aromatic carbocycles. The molecule has 1 aromatic heterocycles. The number of aromatic nitrogens is 1. The lowest BCUT2D eigenvalue weighted by atomic mass is 9.98. The zero-order valence-corrected chi connectivity index (χ0v) is 19.5. The number of halogens is 3. The molecule has 2 aromatic rings. The second-order valence-electron chi connectivity index (χ2n) is 7.82. The molecule has 35 heavy (non-hydrogen) atoms. The van der Waals surface area contributed by atoms with Crippen LogP contribution in [0.1, 0.15) is 46.1 Å². The molecule has 1 aliphatic rings. The number of sulfonamides is 1. The van der Waals surface area contributed by atoms with Gasteiger partial charge in [0.2, 0.25) is 15.9 Å². The van der Waals surface area contributed by atoms with Gasteiger partial charge in [0.15, 0.2) is 0 Å². The number of carbonyl (C=O) groups excluding carboxylic acids is 2. The fourth-order valence-corrected chi connectivity index (χ4v) is 4.74. The topological polar surface area (TPSA) is 129 Å². The van der Waals surface area contributed by atoms with Crippen LogP contribution in [0.4, 0.5) is 19.0 Å². The first-order valence-electron chi connectivity index (χ1n) is 10.4. The lowest BCUT2D eigenvalue weighted by Crippen LogP contribution is -2.55. The normalized spacial score (nSPS) is 13.8. The lowest BCUT2D eigenvalue weighted by Gasteiger charge is -2.39. The summed E-state index contributed by atoms with van der Waals surface area (Å²) in [7, 11) is -4.13. The van der Waals surface area contributed by atoms with Gasteiger partial charge < -0.3 is 9.64 Å². The number of nitrogens with zero attached hydrogens (tertiary/aromatic N) is 3. The van der Waals surface area contributed by atoms with Gasteiger partial charge in [-0.25, -0.2) is 31.4 Å². The molecule has 0 aliphatic carbocycles. The molecule has 1 N–H and O–H groups in total. The summed E-state index contributed by atoms with van der Waals surface area (Å²) in [4.78, 5) is 29.6. The first-order valence-corrected chi connectivity index (χ1v) is 12.1. The predicted octanol–water partition coefficient (Wildman–Crippen LogP) is 2.60. The number of anilines is 1. The van der Waals surface area contributed by atoms with Gasteiger partial charge in [-0.3, -0.25) is 9.52 Å². The number of benzene rings is 1. The monoisotopic (exact) mass is 510 g/mol. The quantitative estimate of drug-likeness (QED) is 0.537. The van der Waals surface area contributed by atoms with Crippen molar-refractivity contribution >= 4 is 27.7 Å². The van der Waals surface area contributed by atoms with Gasteiger partial charge in [-0.05, 0) is 43.2 Å². The number of pyridine rings is 1.